The van der Waals surface area contributed by atoms with Gasteiger partial charge in [0.15, 0.2) is 6.39 Å². The molecule has 0 saturated carbocycles. The van der Waals surface area contributed by atoms with Gasteiger partial charge in [0.2, 0.25) is 0 Å². The van der Waals surface area contributed by atoms with Gasteiger partial charge in [0.1, 0.15) is 6.26 Å². The lowest BCUT2D eigenvalue weighted by atomic mass is 10.1. The van der Waals surface area contributed by atoms with Crippen LogP contribution >= 0.6 is 0 Å². The third kappa shape index (κ3) is 7.97. The molecular weight excluding hydrogens is 212 g/mol. The SMILES string of the molecule is CCCCCCCCCCNCc1cocn1. The van der Waals surface area contributed by atoms with Crippen LogP contribution < -0.4 is 5.32 Å². The lowest BCUT2D eigenvalue weighted by Crippen LogP contribution is -2.14. The van der Waals surface area contributed by atoms with Crippen LogP contribution in [0.15, 0.2) is 17.1 Å². The van der Waals surface area contributed by atoms with E-state index in [0.717, 1.165) is 18.8 Å². The second kappa shape index (κ2) is 10.3. The van der Waals surface area contributed by atoms with E-state index >= 15 is 0 Å². The molecule has 0 aromatic carbocycles. The number of nitrogens with zero attached hydrogens (tertiary/aromatic N) is 1. The van der Waals surface area contributed by atoms with E-state index in [9.17, 15) is 0 Å². The lowest BCUT2D eigenvalue weighted by Gasteiger charge is -2.03. The van der Waals surface area contributed by atoms with E-state index in [-0.39, 0.29) is 0 Å². The Morgan fingerprint density at radius 2 is 1.76 bits per heavy atom. The molecule has 0 saturated heterocycles. The molecule has 1 aromatic rings. The summed E-state index contributed by atoms with van der Waals surface area (Å²) in [6.45, 7) is 4.18. The summed E-state index contributed by atoms with van der Waals surface area (Å²) in [4.78, 5) is 4.06. The van der Waals surface area contributed by atoms with E-state index < -0.39 is 0 Å². The molecule has 0 aliphatic rings. The summed E-state index contributed by atoms with van der Waals surface area (Å²) in [6, 6.07) is 0. The Hall–Kier alpha value is -0.830. The van der Waals surface area contributed by atoms with Crippen molar-refractivity contribution in [2.24, 2.45) is 0 Å². The number of hydrogen-bond donors (Lipinski definition) is 1. The highest BCUT2D eigenvalue weighted by atomic mass is 16.3. The number of hydrogen-bond acceptors (Lipinski definition) is 3. The molecule has 0 fully saturated rings. The van der Waals surface area contributed by atoms with Gasteiger partial charge in [0.05, 0.1) is 5.69 Å². The second-order valence-electron chi connectivity index (χ2n) is 4.63. The van der Waals surface area contributed by atoms with Gasteiger partial charge in [-0.25, -0.2) is 4.98 Å². The average molecular weight is 238 g/mol. The van der Waals surface area contributed by atoms with Crippen molar-refractivity contribution >= 4 is 0 Å². The molecule has 1 heterocycles. The van der Waals surface area contributed by atoms with Crippen LogP contribution in [0.2, 0.25) is 0 Å². The van der Waals surface area contributed by atoms with E-state index in [1.807, 2.05) is 0 Å². The van der Waals surface area contributed by atoms with Gasteiger partial charge in [-0.1, -0.05) is 51.9 Å². The van der Waals surface area contributed by atoms with E-state index in [4.69, 9.17) is 4.42 Å². The van der Waals surface area contributed by atoms with Crippen molar-refractivity contribution in [1.29, 1.82) is 0 Å². The molecule has 3 heteroatoms. The number of rotatable bonds is 11. The van der Waals surface area contributed by atoms with Gasteiger partial charge in [-0.15, -0.1) is 0 Å². The molecule has 0 radical (unpaired) electrons. The molecular formula is C14H26N2O. The molecule has 17 heavy (non-hydrogen) atoms. The van der Waals surface area contributed by atoms with Crippen molar-refractivity contribution in [3.63, 3.8) is 0 Å². The summed E-state index contributed by atoms with van der Waals surface area (Å²) in [5.74, 6) is 0. The quantitative estimate of drug-likeness (QED) is 0.594. The van der Waals surface area contributed by atoms with Crippen LogP contribution in [0.3, 0.4) is 0 Å². The first-order valence-electron chi connectivity index (χ1n) is 7.01. The molecule has 0 aliphatic heterocycles. The Kier molecular flexibility index (Phi) is 8.65. The van der Waals surface area contributed by atoms with Gasteiger partial charge in [-0.05, 0) is 13.0 Å². The first kappa shape index (κ1) is 14.2. The molecule has 0 unspecified atom stereocenters. The summed E-state index contributed by atoms with van der Waals surface area (Å²) in [5.41, 5.74) is 0.990. The molecule has 98 valence electrons. The molecule has 0 aliphatic carbocycles. The maximum atomic E-state index is 4.91. The standard InChI is InChI=1S/C14H26N2O/c1-2-3-4-5-6-7-8-9-10-15-11-14-12-17-13-16-14/h12-13,15H,2-11H2,1H3. The van der Waals surface area contributed by atoms with Gasteiger partial charge in [0.25, 0.3) is 0 Å². The van der Waals surface area contributed by atoms with Gasteiger partial charge >= 0.3 is 0 Å². The first-order valence-corrected chi connectivity index (χ1v) is 7.01. The maximum absolute atomic E-state index is 4.91. The molecule has 0 bridgehead atoms. The fraction of sp³-hybridized carbons (Fsp3) is 0.786. The lowest BCUT2D eigenvalue weighted by molar-refractivity contribution is 0.546. The summed E-state index contributed by atoms with van der Waals surface area (Å²) < 4.78 is 4.91. The van der Waals surface area contributed by atoms with Crippen molar-refractivity contribution in [3.8, 4) is 0 Å². The topological polar surface area (TPSA) is 38.1 Å². The van der Waals surface area contributed by atoms with Crippen molar-refractivity contribution in [2.75, 3.05) is 6.54 Å². The monoisotopic (exact) mass is 238 g/mol. The van der Waals surface area contributed by atoms with Crippen LogP contribution in [-0.2, 0) is 6.54 Å². The zero-order valence-electron chi connectivity index (χ0n) is 11.1. The van der Waals surface area contributed by atoms with Gasteiger partial charge < -0.3 is 9.73 Å². The zero-order chi connectivity index (χ0) is 12.2. The van der Waals surface area contributed by atoms with E-state index in [1.54, 1.807) is 6.26 Å². The van der Waals surface area contributed by atoms with Crippen LogP contribution in [0.4, 0.5) is 0 Å². The van der Waals surface area contributed by atoms with Crippen LogP contribution in [-0.4, -0.2) is 11.5 Å². The fourth-order valence-corrected chi connectivity index (χ4v) is 1.93. The van der Waals surface area contributed by atoms with Gasteiger partial charge in [-0.2, -0.15) is 0 Å². The molecule has 0 spiro atoms. The molecule has 1 aromatic heterocycles. The number of aromatic nitrogens is 1. The highest BCUT2D eigenvalue weighted by molar-refractivity contribution is 4.89. The summed E-state index contributed by atoms with van der Waals surface area (Å²) in [7, 11) is 0. The second-order valence-corrected chi connectivity index (χ2v) is 4.63. The van der Waals surface area contributed by atoms with Crippen LogP contribution in [0.25, 0.3) is 0 Å². The smallest absolute Gasteiger partial charge is 0.180 e. The van der Waals surface area contributed by atoms with E-state index in [1.165, 1.54) is 57.8 Å². The van der Waals surface area contributed by atoms with E-state index in [2.05, 4.69) is 17.2 Å². The zero-order valence-corrected chi connectivity index (χ0v) is 11.1. The van der Waals surface area contributed by atoms with Gasteiger partial charge in [-0.3, -0.25) is 0 Å². The Bertz CT molecular complexity index is 247. The molecule has 0 amide bonds. The predicted octanol–water partition coefficient (Wildman–Crippen LogP) is 3.90. The van der Waals surface area contributed by atoms with Crippen molar-refractivity contribution in [2.45, 2.75) is 64.8 Å². The number of unbranched alkanes of at least 4 members (excludes halogenated alkanes) is 7. The van der Waals surface area contributed by atoms with Crippen LogP contribution in [0, 0.1) is 0 Å². The van der Waals surface area contributed by atoms with Crippen LogP contribution in [0.5, 0.6) is 0 Å². The Morgan fingerprint density at radius 1 is 1.06 bits per heavy atom. The summed E-state index contributed by atoms with van der Waals surface area (Å²) >= 11 is 0. The Labute approximate surface area is 105 Å². The van der Waals surface area contributed by atoms with Gasteiger partial charge in [0, 0.05) is 6.54 Å². The Morgan fingerprint density at radius 3 is 2.41 bits per heavy atom. The number of nitrogens with one attached hydrogen (secondary N) is 1. The molecule has 1 rings (SSSR count). The summed E-state index contributed by atoms with van der Waals surface area (Å²) in [6.07, 6.45) is 14.2. The minimum Gasteiger partial charge on any atom is -0.451 e. The minimum absolute atomic E-state index is 0.826. The largest absolute Gasteiger partial charge is 0.451 e. The van der Waals surface area contributed by atoms with E-state index in [0.29, 0.717) is 0 Å². The first-order chi connectivity index (χ1) is 8.43. The molecule has 3 nitrogen and oxygen atoms in total. The van der Waals surface area contributed by atoms with Crippen LogP contribution in [0.1, 0.15) is 64.0 Å². The van der Waals surface area contributed by atoms with Crippen molar-refractivity contribution in [1.82, 2.24) is 10.3 Å². The highest BCUT2D eigenvalue weighted by Crippen LogP contribution is 2.07. The third-order valence-corrected chi connectivity index (χ3v) is 3.00. The normalized spacial score (nSPS) is 10.9. The summed E-state index contributed by atoms with van der Waals surface area (Å²) in [5, 5.41) is 3.38. The maximum Gasteiger partial charge on any atom is 0.180 e. The van der Waals surface area contributed by atoms with Crippen molar-refractivity contribution in [3.05, 3.63) is 18.4 Å². The third-order valence-electron chi connectivity index (χ3n) is 3.00. The predicted molar refractivity (Wildman–Crippen MR) is 70.8 cm³/mol. The molecule has 0 atom stereocenters. The fourth-order valence-electron chi connectivity index (χ4n) is 1.93. The number of oxazole rings is 1. The minimum atomic E-state index is 0.826. The van der Waals surface area contributed by atoms with Crippen molar-refractivity contribution < 1.29 is 4.42 Å². The Balaban J connectivity index is 1.76. The molecule has 1 N–H and O–H groups in total. The average Bonchev–Trinajstić information content (AvgIpc) is 2.85. The highest BCUT2D eigenvalue weighted by Gasteiger charge is 1.95.